The molecule has 0 bridgehead atoms. The average molecular weight is 267 g/mol. The van der Waals surface area contributed by atoms with Crippen molar-refractivity contribution in [1.82, 2.24) is 9.38 Å². The molecule has 0 fully saturated rings. The molecule has 0 saturated heterocycles. The zero-order valence-electron chi connectivity index (χ0n) is 11.8. The van der Waals surface area contributed by atoms with Crippen molar-refractivity contribution < 1.29 is 4.74 Å². The van der Waals surface area contributed by atoms with Crippen molar-refractivity contribution in [3.05, 3.63) is 47.8 Å². The first-order valence-electron chi connectivity index (χ1n) is 6.48. The Morgan fingerprint density at radius 1 is 1.10 bits per heavy atom. The largest absolute Gasteiger partial charge is 0.496 e. The number of fused-ring (bicyclic) bond motifs is 1. The number of pyridine rings is 1. The van der Waals surface area contributed by atoms with E-state index < -0.39 is 0 Å². The lowest BCUT2D eigenvalue weighted by Crippen LogP contribution is -1.92. The summed E-state index contributed by atoms with van der Waals surface area (Å²) < 4.78 is 7.26. The molecule has 2 heterocycles. The maximum Gasteiger partial charge on any atom is 0.140 e. The SMILES string of the molecule is COc1ccc(-c2cn3cc(N)cc(C)c3n2)cc1C. The van der Waals surface area contributed by atoms with Gasteiger partial charge in [0.05, 0.1) is 12.8 Å². The van der Waals surface area contributed by atoms with Crippen molar-refractivity contribution in [1.29, 1.82) is 0 Å². The van der Waals surface area contributed by atoms with Gasteiger partial charge in [-0.1, -0.05) is 0 Å². The smallest absolute Gasteiger partial charge is 0.140 e. The van der Waals surface area contributed by atoms with Crippen LogP contribution in [0.1, 0.15) is 11.1 Å². The summed E-state index contributed by atoms with van der Waals surface area (Å²) in [5.74, 6) is 0.887. The molecule has 0 amide bonds. The number of methoxy groups -OCH3 is 1. The zero-order valence-corrected chi connectivity index (χ0v) is 11.8. The third-order valence-electron chi connectivity index (χ3n) is 3.45. The molecule has 20 heavy (non-hydrogen) atoms. The second-order valence-electron chi connectivity index (χ2n) is 5.00. The molecule has 1 aromatic carbocycles. The van der Waals surface area contributed by atoms with Crippen LogP contribution >= 0.6 is 0 Å². The summed E-state index contributed by atoms with van der Waals surface area (Å²) in [4.78, 5) is 4.69. The summed E-state index contributed by atoms with van der Waals surface area (Å²) in [6, 6.07) is 8.01. The van der Waals surface area contributed by atoms with Crippen LogP contribution in [0.15, 0.2) is 36.7 Å². The normalized spacial score (nSPS) is 10.9. The Kier molecular flexibility index (Phi) is 2.86. The molecule has 2 aromatic heterocycles. The van der Waals surface area contributed by atoms with Gasteiger partial charge in [0, 0.05) is 23.6 Å². The van der Waals surface area contributed by atoms with Gasteiger partial charge in [-0.05, 0) is 49.2 Å². The first-order valence-corrected chi connectivity index (χ1v) is 6.48. The number of rotatable bonds is 2. The molecule has 0 saturated carbocycles. The van der Waals surface area contributed by atoms with Crippen LogP contribution in [-0.2, 0) is 0 Å². The maximum atomic E-state index is 5.87. The molecule has 0 aliphatic carbocycles. The molecule has 4 nitrogen and oxygen atoms in total. The minimum Gasteiger partial charge on any atom is -0.496 e. The topological polar surface area (TPSA) is 52.5 Å². The van der Waals surface area contributed by atoms with E-state index in [0.29, 0.717) is 0 Å². The molecule has 3 rings (SSSR count). The number of anilines is 1. The summed E-state index contributed by atoms with van der Waals surface area (Å²) in [7, 11) is 1.68. The van der Waals surface area contributed by atoms with Gasteiger partial charge in [-0.15, -0.1) is 0 Å². The second-order valence-corrected chi connectivity index (χ2v) is 5.00. The first-order chi connectivity index (χ1) is 9.58. The van der Waals surface area contributed by atoms with E-state index in [1.807, 2.05) is 48.8 Å². The fourth-order valence-electron chi connectivity index (χ4n) is 2.47. The van der Waals surface area contributed by atoms with Gasteiger partial charge >= 0.3 is 0 Å². The van der Waals surface area contributed by atoms with Crippen LogP contribution in [0, 0.1) is 13.8 Å². The monoisotopic (exact) mass is 267 g/mol. The van der Waals surface area contributed by atoms with Gasteiger partial charge < -0.3 is 14.9 Å². The quantitative estimate of drug-likeness (QED) is 0.775. The van der Waals surface area contributed by atoms with E-state index in [4.69, 9.17) is 10.5 Å². The van der Waals surface area contributed by atoms with Gasteiger partial charge in [0.1, 0.15) is 11.4 Å². The molecule has 0 aliphatic heterocycles. The Hall–Kier alpha value is -2.49. The standard InChI is InChI=1S/C16H17N3O/c1-10-6-12(4-5-15(10)20-3)14-9-19-8-13(17)7-11(2)16(19)18-14/h4-9H,17H2,1-3H3. The highest BCUT2D eigenvalue weighted by molar-refractivity contribution is 5.67. The Morgan fingerprint density at radius 2 is 1.90 bits per heavy atom. The zero-order chi connectivity index (χ0) is 14.3. The number of aryl methyl sites for hydroxylation is 2. The van der Waals surface area contributed by atoms with Gasteiger partial charge in [0.15, 0.2) is 0 Å². The molecule has 102 valence electrons. The minimum absolute atomic E-state index is 0.741. The van der Waals surface area contributed by atoms with Gasteiger partial charge in [-0.25, -0.2) is 4.98 Å². The number of ether oxygens (including phenoxy) is 1. The highest BCUT2D eigenvalue weighted by Gasteiger charge is 2.08. The van der Waals surface area contributed by atoms with Crippen LogP contribution in [0.4, 0.5) is 5.69 Å². The number of nitrogens with two attached hydrogens (primary N) is 1. The molecular formula is C16H17N3O. The van der Waals surface area contributed by atoms with E-state index in [2.05, 4.69) is 11.1 Å². The number of nitrogen functional groups attached to an aromatic ring is 1. The lowest BCUT2D eigenvalue weighted by molar-refractivity contribution is 0.412. The highest BCUT2D eigenvalue weighted by atomic mass is 16.5. The third kappa shape index (κ3) is 1.99. The van der Waals surface area contributed by atoms with Crippen LogP contribution < -0.4 is 10.5 Å². The van der Waals surface area contributed by atoms with Gasteiger partial charge in [-0.2, -0.15) is 0 Å². The Labute approximate surface area is 117 Å². The average Bonchev–Trinajstić information content (AvgIpc) is 2.82. The van der Waals surface area contributed by atoms with Gasteiger partial charge in [0.2, 0.25) is 0 Å². The van der Waals surface area contributed by atoms with E-state index >= 15 is 0 Å². The number of benzene rings is 1. The van der Waals surface area contributed by atoms with E-state index in [1.54, 1.807) is 7.11 Å². The molecule has 0 unspecified atom stereocenters. The van der Waals surface area contributed by atoms with Gasteiger partial charge in [-0.3, -0.25) is 0 Å². The Balaban J connectivity index is 2.15. The van der Waals surface area contributed by atoms with Crippen molar-refractivity contribution in [2.45, 2.75) is 13.8 Å². The maximum absolute atomic E-state index is 5.87. The highest BCUT2D eigenvalue weighted by Crippen LogP contribution is 2.26. The molecule has 0 aliphatic rings. The van der Waals surface area contributed by atoms with Crippen molar-refractivity contribution >= 4 is 11.3 Å². The summed E-state index contributed by atoms with van der Waals surface area (Å²) >= 11 is 0. The lowest BCUT2D eigenvalue weighted by atomic mass is 10.1. The predicted molar refractivity (Wildman–Crippen MR) is 81.1 cm³/mol. The number of nitrogens with zero attached hydrogens (tertiary/aromatic N) is 2. The van der Waals surface area contributed by atoms with Crippen LogP contribution in [0.5, 0.6) is 5.75 Å². The number of hydrogen-bond donors (Lipinski definition) is 1. The van der Waals surface area contributed by atoms with Crippen molar-refractivity contribution in [2.75, 3.05) is 12.8 Å². The molecular weight excluding hydrogens is 250 g/mol. The molecule has 0 atom stereocenters. The van der Waals surface area contributed by atoms with Crippen LogP contribution in [0.3, 0.4) is 0 Å². The van der Waals surface area contributed by atoms with E-state index in [9.17, 15) is 0 Å². The van der Waals surface area contributed by atoms with Crippen molar-refractivity contribution in [3.63, 3.8) is 0 Å². The van der Waals surface area contributed by atoms with Gasteiger partial charge in [0.25, 0.3) is 0 Å². The predicted octanol–water partition coefficient (Wildman–Crippen LogP) is 3.21. The number of aromatic nitrogens is 2. The Morgan fingerprint density at radius 3 is 2.60 bits per heavy atom. The third-order valence-corrected chi connectivity index (χ3v) is 3.45. The molecule has 3 aromatic rings. The summed E-state index contributed by atoms with van der Waals surface area (Å²) in [6.45, 7) is 4.04. The van der Waals surface area contributed by atoms with Crippen LogP contribution in [0.25, 0.3) is 16.9 Å². The molecule has 0 spiro atoms. The second kappa shape index (κ2) is 4.56. The van der Waals surface area contributed by atoms with Crippen molar-refractivity contribution in [2.24, 2.45) is 0 Å². The Bertz CT molecular complexity index is 790. The molecule has 0 radical (unpaired) electrons. The first kappa shape index (κ1) is 12.5. The fraction of sp³-hybridized carbons (Fsp3) is 0.188. The number of imidazole rings is 1. The molecule has 2 N–H and O–H groups in total. The summed E-state index contributed by atoms with van der Waals surface area (Å²) in [6.07, 6.45) is 3.88. The number of hydrogen-bond acceptors (Lipinski definition) is 3. The fourth-order valence-corrected chi connectivity index (χ4v) is 2.47. The van der Waals surface area contributed by atoms with Crippen molar-refractivity contribution in [3.8, 4) is 17.0 Å². The van der Waals surface area contributed by atoms with E-state index in [-0.39, 0.29) is 0 Å². The summed E-state index contributed by atoms with van der Waals surface area (Å²) in [5.41, 5.74) is 11.7. The summed E-state index contributed by atoms with van der Waals surface area (Å²) in [5, 5.41) is 0. The van der Waals surface area contributed by atoms with Crippen LogP contribution in [0.2, 0.25) is 0 Å². The van der Waals surface area contributed by atoms with Crippen LogP contribution in [-0.4, -0.2) is 16.5 Å². The minimum atomic E-state index is 0.741. The lowest BCUT2D eigenvalue weighted by Gasteiger charge is -2.05. The molecule has 4 heteroatoms. The van der Waals surface area contributed by atoms with E-state index in [0.717, 1.165) is 39.5 Å². The van der Waals surface area contributed by atoms with E-state index in [1.165, 1.54) is 0 Å².